The second kappa shape index (κ2) is 6.27. The molecule has 2 rings (SSSR count). The van der Waals surface area contributed by atoms with Crippen LogP contribution in [-0.2, 0) is 13.1 Å². The molecule has 0 fully saturated rings. The summed E-state index contributed by atoms with van der Waals surface area (Å²) in [7, 11) is 1.84. The lowest BCUT2D eigenvalue weighted by atomic mass is 10.1. The van der Waals surface area contributed by atoms with Crippen molar-refractivity contribution in [2.24, 2.45) is 0 Å². The van der Waals surface area contributed by atoms with Crippen molar-refractivity contribution >= 4 is 0 Å². The largest absolute Gasteiger partial charge is 0.298 e. The smallest absolute Gasteiger partial charge is 0.129 e. The Balaban J connectivity index is 2.05. The van der Waals surface area contributed by atoms with Gasteiger partial charge in [-0.2, -0.15) is 5.26 Å². The van der Waals surface area contributed by atoms with Crippen molar-refractivity contribution in [2.45, 2.75) is 13.1 Å². The Kier molecular flexibility index (Phi) is 4.44. The van der Waals surface area contributed by atoms with Crippen LogP contribution in [0, 0.1) is 23.0 Å². The Morgan fingerprint density at radius 2 is 1.90 bits per heavy atom. The van der Waals surface area contributed by atoms with E-state index in [2.05, 4.69) is 0 Å². The molecule has 0 aromatic heterocycles. The van der Waals surface area contributed by atoms with Crippen LogP contribution in [0.2, 0.25) is 0 Å². The predicted molar refractivity (Wildman–Crippen MR) is 72.7 cm³/mol. The van der Waals surface area contributed by atoms with E-state index in [1.54, 1.807) is 18.2 Å². The molecule has 0 bridgehead atoms. The van der Waals surface area contributed by atoms with E-state index in [1.165, 1.54) is 18.2 Å². The van der Waals surface area contributed by atoms with Crippen molar-refractivity contribution in [3.8, 4) is 6.07 Å². The first-order valence-electron chi connectivity index (χ1n) is 6.20. The predicted octanol–water partition coefficient (Wildman–Crippen LogP) is 3.47. The van der Waals surface area contributed by atoms with Crippen LogP contribution in [0.4, 0.5) is 8.78 Å². The molecular formula is C16H14F2N2. The summed E-state index contributed by atoms with van der Waals surface area (Å²) in [5, 5.41) is 8.69. The van der Waals surface area contributed by atoms with Gasteiger partial charge in [-0.3, -0.25) is 4.90 Å². The van der Waals surface area contributed by atoms with Crippen molar-refractivity contribution < 1.29 is 8.78 Å². The van der Waals surface area contributed by atoms with Gasteiger partial charge in [0.05, 0.1) is 11.6 Å². The van der Waals surface area contributed by atoms with E-state index >= 15 is 0 Å². The van der Waals surface area contributed by atoms with Crippen LogP contribution >= 0.6 is 0 Å². The van der Waals surface area contributed by atoms with Crippen molar-refractivity contribution in [3.05, 3.63) is 70.8 Å². The fourth-order valence-electron chi connectivity index (χ4n) is 2.04. The summed E-state index contributed by atoms with van der Waals surface area (Å²) < 4.78 is 26.8. The Morgan fingerprint density at radius 1 is 1.10 bits per heavy atom. The minimum atomic E-state index is -0.393. The zero-order valence-corrected chi connectivity index (χ0v) is 11.1. The molecule has 102 valence electrons. The SMILES string of the molecule is CN(Cc1cccc(F)c1)Cc1ccc(C#N)cc1F. The van der Waals surface area contributed by atoms with E-state index in [0.29, 0.717) is 24.2 Å². The van der Waals surface area contributed by atoms with Crippen LogP contribution in [0.1, 0.15) is 16.7 Å². The molecule has 0 heterocycles. The highest BCUT2D eigenvalue weighted by Crippen LogP contribution is 2.14. The van der Waals surface area contributed by atoms with Gasteiger partial charge in [-0.15, -0.1) is 0 Å². The van der Waals surface area contributed by atoms with Crippen LogP contribution < -0.4 is 0 Å². The summed E-state index contributed by atoms with van der Waals surface area (Å²) in [6.45, 7) is 0.922. The van der Waals surface area contributed by atoms with Crippen LogP contribution in [0.25, 0.3) is 0 Å². The monoisotopic (exact) mass is 272 g/mol. The number of hydrogen-bond acceptors (Lipinski definition) is 2. The molecule has 0 saturated carbocycles. The average Bonchev–Trinajstić information content (AvgIpc) is 2.41. The Labute approximate surface area is 116 Å². The lowest BCUT2D eigenvalue weighted by molar-refractivity contribution is 0.313. The van der Waals surface area contributed by atoms with Gasteiger partial charge < -0.3 is 0 Å². The van der Waals surface area contributed by atoms with Gasteiger partial charge in [0.15, 0.2) is 0 Å². The van der Waals surface area contributed by atoms with E-state index in [9.17, 15) is 8.78 Å². The number of nitriles is 1. The molecule has 0 aliphatic carbocycles. The maximum absolute atomic E-state index is 13.8. The highest BCUT2D eigenvalue weighted by molar-refractivity contribution is 5.32. The molecule has 2 nitrogen and oxygen atoms in total. The molecule has 0 aliphatic rings. The number of rotatable bonds is 4. The summed E-state index contributed by atoms with van der Waals surface area (Å²) in [5.74, 6) is -0.671. The molecule has 0 N–H and O–H groups in total. The Morgan fingerprint density at radius 3 is 2.55 bits per heavy atom. The molecule has 0 radical (unpaired) electrons. The second-order valence-electron chi connectivity index (χ2n) is 4.72. The van der Waals surface area contributed by atoms with E-state index < -0.39 is 5.82 Å². The highest BCUT2D eigenvalue weighted by atomic mass is 19.1. The van der Waals surface area contributed by atoms with Crippen LogP contribution in [0.3, 0.4) is 0 Å². The molecular weight excluding hydrogens is 258 g/mol. The molecule has 0 atom stereocenters. The third-order valence-electron chi connectivity index (χ3n) is 2.96. The number of nitrogens with zero attached hydrogens (tertiary/aromatic N) is 2. The third-order valence-corrected chi connectivity index (χ3v) is 2.96. The molecule has 0 saturated heterocycles. The zero-order valence-electron chi connectivity index (χ0n) is 11.1. The molecule has 2 aromatic carbocycles. The topological polar surface area (TPSA) is 27.0 Å². The highest BCUT2D eigenvalue weighted by Gasteiger charge is 2.08. The first kappa shape index (κ1) is 14.2. The summed E-state index contributed by atoms with van der Waals surface area (Å²) in [6.07, 6.45) is 0. The first-order valence-corrected chi connectivity index (χ1v) is 6.20. The van der Waals surface area contributed by atoms with Gasteiger partial charge in [0.2, 0.25) is 0 Å². The summed E-state index contributed by atoms with van der Waals surface area (Å²) in [6, 6.07) is 12.7. The van der Waals surface area contributed by atoms with E-state index in [-0.39, 0.29) is 5.82 Å². The Hall–Kier alpha value is -2.25. The fraction of sp³-hybridized carbons (Fsp3) is 0.188. The normalized spacial score (nSPS) is 10.6. The summed E-state index contributed by atoms with van der Waals surface area (Å²) in [4.78, 5) is 1.89. The van der Waals surface area contributed by atoms with Crippen LogP contribution in [-0.4, -0.2) is 11.9 Å². The number of halogens is 2. The molecule has 0 unspecified atom stereocenters. The summed E-state index contributed by atoms with van der Waals surface area (Å²) >= 11 is 0. The first-order chi connectivity index (χ1) is 9.58. The minimum Gasteiger partial charge on any atom is -0.298 e. The van der Waals surface area contributed by atoms with Crippen LogP contribution in [0.15, 0.2) is 42.5 Å². The molecule has 0 aliphatic heterocycles. The van der Waals surface area contributed by atoms with Gasteiger partial charge in [-0.25, -0.2) is 8.78 Å². The van der Waals surface area contributed by atoms with E-state index in [1.807, 2.05) is 24.1 Å². The van der Waals surface area contributed by atoms with Crippen molar-refractivity contribution in [2.75, 3.05) is 7.05 Å². The van der Waals surface area contributed by atoms with E-state index in [0.717, 1.165) is 5.56 Å². The number of hydrogen-bond donors (Lipinski definition) is 0. The number of benzene rings is 2. The molecule has 2 aromatic rings. The maximum atomic E-state index is 13.8. The van der Waals surface area contributed by atoms with Crippen molar-refractivity contribution in [1.82, 2.24) is 4.90 Å². The Bertz CT molecular complexity index is 647. The lowest BCUT2D eigenvalue weighted by Crippen LogP contribution is -2.18. The van der Waals surface area contributed by atoms with Gasteiger partial charge in [0.1, 0.15) is 11.6 Å². The van der Waals surface area contributed by atoms with Gasteiger partial charge in [0.25, 0.3) is 0 Å². The molecule has 20 heavy (non-hydrogen) atoms. The minimum absolute atomic E-state index is 0.277. The van der Waals surface area contributed by atoms with E-state index in [4.69, 9.17) is 5.26 Å². The second-order valence-corrected chi connectivity index (χ2v) is 4.72. The van der Waals surface area contributed by atoms with Gasteiger partial charge in [-0.05, 0) is 36.9 Å². The quantitative estimate of drug-likeness (QED) is 0.852. The zero-order chi connectivity index (χ0) is 14.5. The van der Waals surface area contributed by atoms with Crippen molar-refractivity contribution in [3.63, 3.8) is 0 Å². The fourth-order valence-corrected chi connectivity index (χ4v) is 2.04. The molecule has 4 heteroatoms. The van der Waals surface area contributed by atoms with Crippen molar-refractivity contribution in [1.29, 1.82) is 5.26 Å². The van der Waals surface area contributed by atoms with Gasteiger partial charge in [-0.1, -0.05) is 18.2 Å². The standard InChI is InChI=1S/C16H14F2N2/c1-20(10-13-3-2-4-15(17)7-13)11-14-6-5-12(9-19)8-16(14)18/h2-8H,10-11H2,1H3. The average molecular weight is 272 g/mol. The lowest BCUT2D eigenvalue weighted by Gasteiger charge is -2.17. The molecule has 0 spiro atoms. The van der Waals surface area contributed by atoms with Crippen LogP contribution in [0.5, 0.6) is 0 Å². The van der Waals surface area contributed by atoms with Gasteiger partial charge in [0, 0.05) is 18.7 Å². The summed E-state index contributed by atoms with van der Waals surface area (Å²) in [5.41, 5.74) is 1.66. The maximum Gasteiger partial charge on any atom is 0.129 e. The van der Waals surface area contributed by atoms with Gasteiger partial charge >= 0.3 is 0 Å². The molecule has 0 amide bonds. The third kappa shape index (κ3) is 3.62.